The fourth-order valence-electron chi connectivity index (χ4n) is 5.84. The summed E-state index contributed by atoms with van der Waals surface area (Å²) in [6, 6.07) is 5.71. The Bertz CT molecular complexity index is 1380. The van der Waals surface area contributed by atoms with E-state index in [4.69, 9.17) is 4.74 Å². The van der Waals surface area contributed by atoms with E-state index in [-0.39, 0.29) is 30.2 Å². The average molecular weight is 535 g/mol. The van der Waals surface area contributed by atoms with Crippen LogP contribution in [0.2, 0.25) is 0 Å². The number of amides is 1. The highest BCUT2D eigenvalue weighted by Crippen LogP contribution is 2.38. The van der Waals surface area contributed by atoms with Crippen molar-refractivity contribution >= 4 is 18.3 Å². The number of benzene rings is 1. The van der Waals surface area contributed by atoms with Gasteiger partial charge in [0.1, 0.15) is 36.0 Å². The zero-order valence-electron chi connectivity index (χ0n) is 21.2. The number of carbonyl (C=O) groups excluding carboxylic acids is 1. The van der Waals surface area contributed by atoms with Gasteiger partial charge in [0.2, 0.25) is 0 Å². The number of nitrogens with one attached hydrogen (secondary N) is 1. The summed E-state index contributed by atoms with van der Waals surface area (Å²) in [7, 11) is 0. The van der Waals surface area contributed by atoms with Crippen LogP contribution in [-0.2, 0) is 16.9 Å². The number of rotatable bonds is 6. The second kappa shape index (κ2) is 10.2. The van der Waals surface area contributed by atoms with E-state index in [0.717, 1.165) is 36.4 Å². The molecule has 1 N–H and O–H groups in total. The molecule has 4 aliphatic rings. The van der Waals surface area contributed by atoms with Crippen LogP contribution in [-0.4, -0.2) is 70.1 Å². The lowest BCUT2D eigenvalue weighted by atomic mass is 9.83. The molecule has 202 valence electrons. The number of aromatic nitrogens is 2. The minimum absolute atomic E-state index is 0.0593. The molecule has 0 saturated carbocycles. The van der Waals surface area contributed by atoms with Crippen molar-refractivity contribution in [3.05, 3.63) is 65.6 Å². The highest BCUT2D eigenvalue weighted by molar-refractivity contribution is 5.96. The number of piperidine rings is 1. The molecule has 5 heterocycles. The Morgan fingerprint density at radius 3 is 2.85 bits per heavy atom. The van der Waals surface area contributed by atoms with Gasteiger partial charge in [-0.3, -0.25) is 14.6 Å². The molecule has 39 heavy (non-hydrogen) atoms. The molecular weight excluding hydrogens is 506 g/mol. The van der Waals surface area contributed by atoms with Gasteiger partial charge in [0, 0.05) is 55.6 Å². The van der Waals surface area contributed by atoms with E-state index in [1.807, 2.05) is 23.3 Å². The zero-order chi connectivity index (χ0) is 27.0. The summed E-state index contributed by atoms with van der Waals surface area (Å²) in [4.78, 5) is 25.3. The van der Waals surface area contributed by atoms with E-state index >= 15 is 0 Å². The topological polar surface area (TPSA) is 111 Å². The molecule has 0 radical (unpaired) electrons. The minimum atomic E-state index is -0.734. The van der Waals surface area contributed by atoms with E-state index < -0.39 is 23.3 Å². The zero-order valence-corrected chi connectivity index (χ0v) is 21.2. The Kier molecular flexibility index (Phi) is 6.60. The maximum Gasteiger partial charge on any atom is 0.410 e. The van der Waals surface area contributed by atoms with Gasteiger partial charge in [-0.25, -0.2) is 18.6 Å². The predicted octanol–water partition coefficient (Wildman–Crippen LogP) is 3.10. The SMILES string of the molecule is N#CCC1(n2cc(C3N=CN=C4NC=CC43)cn2)CN(C2CCN(C(=O)OCc3ccc(F)cc3F)CC2)C1. The number of ether oxygens (including phenoxy) is 1. The van der Waals surface area contributed by atoms with Crippen molar-refractivity contribution in [3.8, 4) is 6.07 Å². The molecule has 1 aromatic carbocycles. The summed E-state index contributed by atoms with van der Waals surface area (Å²) < 4.78 is 34.1. The Morgan fingerprint density at radius 2 is 2.08 bits per heavy atom. The number of carbonyl (C=O) groups is 1. The van der Waals surface area contributed by atoms with Crippen molar-refractivity contribution in [3.63, 3.8) is 0 Å². The minimum Gasteiger partial charge on any atom is -0.444 e. The number of likely N-dealkylation sites (tertiary alicyclic amines) is 2. The van der Waals surface area contributed by atoms with Crippen LogP contribution in [0.25, 0.3) is 0 Å². The van der Waals surface area contributed by atoms with Crippen molar-refractivity contribution in [2.75, 3.05) is 26.2 Å². The molecule has 2 unspecified atom stereocenters. The van der Waals surface area contributed by atoms with Crippen LogP contribution in [0.1, 0.15) is 36.4 Å². The number of fused-ring (bicyclic) bond motifs is 1. The lowest BCUT2D eigenvalue weighted by Gasteiger charge is -2.53. The number of aliphatic imine (C=N–C) groups is 2. The van der Waals surface area contributed by atoms with Crippen molar-refractivity contribution in [1.29, 1.82) is 5.26 Å². The fourth-order valence-corrected chi connectivity index (χ4v) is 5.84. The standard InChI is InChI=1S/C27H28F2N8O2/c28-20-2-1-18(23(29)11-20)14-39-26(38)35-9-4-21(5-10-35)36-15-27(16-36,6-7-30)37-13-19(12-34-37)24-22-3-8-31-25(22)33-17-32-24/h1-3,8,11-13,17,21-22,24H,4-6,9-10,14-16H2,(H,31,32,33). The molecule has 12 heteroatoms. The van der Waals surface area contributed by atoms with Crippen LogP contribution in [0.5, 0.6) is 0 Å². The molecule has 2 fully saturated rings. The Labute approximate surface area is 224 Å². The first-order valence-corrected chi connectivity index (χ1v) is 13.0. The smallest absolute Gasteiger partial charge is 0.410 e. The molecule has 0 aliphatic carbocycles. The molecule has 10 nitrogen and oxygen atoms in total. The third-order valence-corrected chi connectivity index (χ3v) is 8.05. The summed E-state index contributed by atoms with van der Waals surface area (Å²) in [5.74, 6) is -0.471. The van der Waals surface area contributed by atoms with Gasteiger partial charge in [0.25, 0.3) is 0 Å². The highest BCUT2D eigenvalue weighted by atomic mass is 19.1. The Hall–Kier alpha value is -4.11. The number of amidine groups is 1. The van der Waals surface area contributed by atoms with Gasteiger partial charge in [0.05, 0.1) is 30.6 Å². The van der Waals surface area contributed by atoms with Crippen molar-refractivity contribution < 1.29 is 18.3 Å². The summed E-state index contributed by atoms with van der Waals surface area (Å²) in [6.45, 7) is 2.21. The number of nitriles is 1. The Balaban J connectivity index is 1.03. The van der Waals surface area contributed by atoms with E-state index in [1.165, 1.54) is 6.07 Å². The molecule has 0 spiro atoms. The molecule has 2 atom stereocenters. The van der Waals surface area contributed by atoms with Gasteiger partial charge in [-0.15, -0.1) is 0 Å². The summed E-state index contributed by atoms with van der Waals surface area (Å²) in [6.07, 6.45) is 10.7. The van der Waals surface area contributed by atoms with Crippen molar-refractivity contribution in [1.82, 2.24) is 24.9 Å². The first-order valence-electron chi connectivity index (χ1n) is 13.0. The number of nitrogens with zero attached hydrogens (tertiary/aromatic N) is 7. The maximum atomic E-state index is 13.8. The predicted molar refractivity (Wildman–Crippen MR) is 138 cm³/mol. The molecule has 2 saturated heterocycles. The van der Waals surface area contributed by atoms with Crippen molar-refractivity contribution in [2.24, 2.45) is 15.9 Å². The number of hydrogen-bond donors (Lipinski definition) is 1. The Morgan fingerprint density at radius 1 is 1.26 bits per heavy atom. The molecule has 1 aromatic heterocycles. The molecule has 2 aromatic rings. The van der Waals surface area contributed by atoms with Crippen LogP contribution in [0.15, 0.2) is 52.9 Å². The van der Waals surface area contributed by atoms with Crippen LogP contribution < -0.4 is 5.32 Å². The van der Waals surface area contributed by atoms with Gasteiger partial charge >= 0.3 is 6.09 Å². The molecule has 6 rings (SSSR count). The molecule has 4 aliphatic heterocycles. The number of halogens is 2. The lowest BCUT2D eigenvalue weighted by molar-refractivity contribution is -0.0427. The third-order valence-electron chi connectivity index (χ3n) is 8.05. The molecule has 0 bridgehead atoms. The maximum absolute atomic E-state index is 13.8. The normalized spacial score (nSPS) is 23.9. The van der Waals surface area contributed by atoms with Crippen LogP contribution in [0, 0.1) is 28.9 Å². The number of hydrogen-bond acceptors (Lipinski definition) is 8. The van der Waals surface area contributed by atoms with Gasteiger partial charge in [-0.05, 0) is 31.2 Å². The molecule has 1 amide bonds. The second-order valence-corrected chi connectivity index (χ2v) is 10.4. The van der Waals surface area contributed by atoms with Gasteiger partial charge in [0.15, 0.2) is 0 Å². The second-order valence-electron chi connectivity index (χ2n) is 10.4. The van der Waals surface area contributed by atoms with E-state index in [2.05, 4.69) is 37.4 Å². The first kappa shape index (κ1) is 25.2. The summed E-state index contributed by atoms with van der Waals surface area (Å²) in [5, 5.41) is 17.4. The van der Waals surface area contributed by atoms with Crippen LogP contribution in [0.3, 0.4) is 0 Å². The first-order chi connectivity index (χ1) is 19.0. The van der Waals surface area contributed by atoms with E-state index in [1.54, 1.807) is 11.2 Å². The van der Waals surface area contributed by atoms with Gasteiger partial charge in [-0.2, -0.15) is 10.4 Å². The fraction of sp³-hybridized carbons (Fsp3) is 0.444. The highest BCUT2D eigenvalue weighted by Gasteiger charge is 2.48. The quantitative estimate of drug-likeness (QED) is 0.610. The summed E-state index contributed by atoms with van der Waals surface area (Å²) >= 11 is 0. The molecular formula is C27H28F2N8O2. The van der Waals surface area contributed by atoms with E-state index in [9.17, 15) is 18.8 Å². The largest absolute Gasteiger partial charge is 0.444 e. The van der Waals surface area contributed by atoms with Crippen LogP contribution >= 0.6 is 0 Å². The van der Waals surface area contributed by atoms with E-state index in [0.29, 0.717) is 32.6 Å². The lowest BCUT2D eigenvalue weighted by Crippen LogP contribution is -2.66. The van der Waals surface area contributed by atoms with Gasteiger partial charge in [-0.1, -0.05) is 6.08 Å². The third kappa shape index (κ3) is 4.78. The van der Waals surface area contributed by atoms with Crippen LogP contribution in [0.4, 0.5) is 13.6 Å². The van der Waals surface area contributed by atoms with Crippen molar-refractivity contribution in [2.45, 2.75) is 43.5 Å². The monoisotopic (exact) mass is 534 g/mol. The average Bonchev–Trinajstić information content (AvgIpc) is 3.60. The summed E-state index contributed by atoms with van der Waals surface area (Å²) in [5.41, 5.74) is 0.720. The van der Waals surface area contributed by atoms with Gasteiger partial charge < -0.3 is 15.0 Å².